The molecule has 4 rings (SSSR count). The fraction of sp³-hybridized carbons (Fsp3) is 0.417. The monoisotopic (exact) mass is 427 g/mol. The molecule has 3 aromatic rings. The smallest absolute Gasteiger partial charge is 0.255 e. The first-order valence-electron chi connectivity index (χ1n) is 10.7. The van der Waals surface area contributed by atoms with Crippen LogP contribution in [0.1, 0.15) is 68.8 Å². The molecule has 6 heteroatoms. The van der Waals surface area contributed by atoms with Gasteiger partial charge >= 0.3 is 0 Å². The molecule has 1 fully saturated rings. The third-order valence-corrected chi connectivity index (χ3v) is 5.40. The van der Waals surface area contributed by atoms with Crippen LogP contribution in [0.2, 0.25) is 5.02 Å². The Morgan fingerprint density at radius 2 is 1.83 bits per heavy atom. The van der Waals surface area contributed by atoms with E-state index in [1.165, 1.54) is 38.5 Å². The maximum atomic E-state index is 12.6. The van der Waals surface area contributed by atoms with Gasteiger partial charge in [0.1, 0.15) is 5.75 Å². The third-order valence-electron chi connectivity index (χ3n) is 5.15. The van der Waals surface area contributed by atoms with Crippen LogP contribution < -0.4 is 10.1 Å². The normalized spacial score (nSPS) is 14.1. The highest BCUT2D eigenvalue weighted by Crippen LogP contribution is 2.33. The van der Waals surface area contributed by atoms with E-state index >= 15 is 0 Å². The highest BCUT2D eigenvalue weighted by molar-refractivity contribution is 6.30. The first-order valence-corrected chi connectivity index (χ1v) is 11.1. The molecule has 30 heavy (non-hydrogen) atoms. The molecule has 1 saturated carbocycles. The highest BCUT2D eigenvalue weighted by Gasteiger charge is 2.18. The van der Waals surface area contributed by atoms with Crippen molar-refractivity contribution in [2.45, 2.75) is 58.4 Å². The number of nitrogens with zero attached hydrogens (tertiary/aromatic N) is 2. The van der Waals surface area contributed by atoms with E-state index in [9.17, 15) is 4.79 Å². The van der Waals surface area contributed by atoms with Crippen LogP contribution in [0.25, 0.3) is 10.9 Å². The van der Waals surface area contributed by atoms with Gasteiger partial charge in [0, 0.05) is 28.2 Å². The van der Waals surface area contributed by atoms with Crippen molar-refractivity contribution in [2.75, 3.05) is 12.4 Å². The summed E-state index contributed by atoms with van der Waals surface area (Å²) in [7, 11) is 1.59. The molecule has 0 radical (unpaired) electrons. The van der Waals surface area contributed by atoms with Crippen molar-refractivity contribution >= 4 is 34.1 Å². The first kappa shape index (κ1) is 22.2. The Morgan fingerprint density at radius 3 is 2.47 bits per heavy atom. The van der Waals surface area contributed by atoms with Crippen molar-refractivity contribution in [3.05, 3.63) is 53.2 Å². The van der Waals surface area contributed by atoms with Crippen LogP contribution in [0.15, 0.2) is 42.6 Å². The summed E-state index contributed by atoms with van der Waals surface area (Å²) in [6.45, 7) is 4.25. The van der Waals surface area contributed by atoms with Gasteiger partial charge in [-0.25, -0.2) is 0 Å². The molecular formula is C24H30ClN3O2. The lowest BCUT2D eigenvalue weighted by Crippen LogP contribution is -2.12. The molecule has 1 aromatic heterocycles. The molecule has 1 aliphatic rings. The van der Waals surface area contributed by atoms with E-state index in [1.54, 1.807) is 31.4 Å². The maximum absolute atomic E-state index is 12.6. The summed E-state index contributed by atoms with van der Waals surface area (Å²) in [5, 5.41) is 9.27. The van der Waals surface area contributed by atoms with Gasteiger partial charge in [-0.3, -0.25) is 9.48 Å². The molecule has 0 spiro atoms. The highest BCUT2D eigenvalue weighted by atomic mass is 35.5. The molecule has 5 nitrogen and oxygen atoms in total. The van der Waals surface area contributed by atoms with Crippen molar-refractivity contribution in [1.82, 2.24) is 9.78 Å². The zero-order valence-electron chi connectivity index (χ0n) is 18.0. The molecule has 2 aromatic carbocycles. The Kier molecular flexibility index (Phi) is 7.75. The van der Waals surface area contributed by atoms with E-state index in [0.717, 1.165) is 10.9 Å². The van der Waals surface area contributed by atoms with Crippen LogP contribution in [-0.2, 0) is 0 Å². The Morgan fingerprint density at radius 1 is 1.17 bits per heavy atom. The number of rotatable bonds is 4. The minimum atomic E-state index is -0.205. The SMILES string of the molecule is CCC.COc1cc2nn(C3CCCCC3)cc2cc1NC(=O)c1ccc(Cl)cc1. The van der Waals surface area contributed by atoms with Crippen LogP contribution in [0.4, 0.5) is 5.69 Å². The predicted molar refractivity (Wildman–Crippen MR) is 124 cm³/mol. The summed E-state index contributed by atoms with van der Waals surface area (Å²) < 4.78 is 7.56. The number of halogens is 1. The number of carbonyl (C=O) groups excluding carboxylic acids is 1. The second-order valence-corrected chi connectivity index (χ2v) is 8.12. The lowest BCUT2D eigenvalue weighted by Gasteiger charge is -2.21. The van der Waals surface area contributed by atoms with E-state index in [-0.39, 0.29) is 5.91 Å². The summed E-state index contributed by atoms with van der Waals surface area (Å²) in [6.07, 6.45) is 9.49. The molecule has 1 aliphatic carbocycles. The summed E-state index contributed by atoms with van der Waals surface area (Å²) in [5.41, 5.74) is 2.05. The van der Waals surface area contributed by atoms with Crippen molar-refractivity contribution in [3.8, 4) is 5.75 Å². The average molecular weight is 428 g/mol. The molecule has 160 valence electrons. The molecular weight excluding hydrogens is 398 g/mol. The van der Waals surface area contributed by atoms with Crippen LogP contribution >= 0.6 is 11.6 Å². The number of hydrogen-bond acceptors (Lipinski definition) is 3. The number of nitrogens with one attached hydrogen (secondary N) is 1. The maximum Gasteiger partial charge on any atom is 0.255 e. The largest absolute Gasteiger partial charge is 0.494 e. The number of aromatic nitrogens is 2. The molecule has 1 heterocycles. The van der Waals surface area contributed by atoms with Gasteiger partial charge in [-0.1, -0.05) is 51.1 Å². The fourth-order valence-corrected chi connectivity index (χ4v) is 3.79. The minimum Gasteiger partial charge on any atom is -0.494 e. The molecule has 0 aliphatic heterocycles. The number of methoxy groups -OCH3 is 1. The van der Waals surface area contributed by atoms with Gasteiger partial charge in [0.25, 0.3) is 5.91 Å². The number of benzene rings is 2. The third kappa shape index (κ3) is 5.33. The van der Waals surface area contributed by atoms with Gasteiger partial charge in [0.05, 0.1) is 24.4 Å². The zero-order valence-corrected chi connectivity index (χ0v) is 18.7. The predicted octanol–water partition coefficient (Wildman–Crippen LogP) is 6.87. The van der Waals surface area contributed by atoms with Crippen molar-refractivity contribution in [2.24, 2.45) is 0 Å². The van der Waals surface area contributed by atoms with E-state index < -0.39 is 0 Å². The second kappa shape index (κ2) is 10.5. The Balaban J connectivity index is 0.000000806. The van der Waals surface area contributed by atoms with Crippen LogP contribution in [0, 0.1) is 0 Å². The Bertz CT molecular complexity index is 976. The Hall–Kier alpha value is -2.53. The lowest BCUT2D eigenvalue weighted by molar-refractivity contribution is 0.102. The van der Waals surface area contributed by atoms with Crippen molar-refractivity contribution < 1.29 is 9.53 Å². The number of fused-ring (bicyclic) bond motifs is 1. The number of carbonyl (C=O) groups is 1. The van der Waals surface area contributed by atoms with E-state index in [1.807, 2.05) is 12.1 Å². The molecule has 1 amide bonds. The topological polar surface area (TPSA) is 56.1 Å². The first-order chi connectivity index (χ1) is 14.5. The average Bonchev–Trinajstić information content (AvgIpc) is 3.17. The van der Waals surface area contributed by atoms with Gasteiger partial charge in [0.2, 0.25) is 0 Å². The summed E-state index contributed by atoms with van der Waals surface area (Å²) in [4.78, 5) is 12.6. The molecule has 0 saturated heterocycles. The number of hydrogen-bond donors (Lipinski definition) is 1. The van der Waals surface area contributed by atoms with Crippen LogP contribution in [-0.4, -0.2) is 22.8 Å². The Labute approximate surface area is 183 Å². The number of amides is 1. The summed E-state index contributed by atoms with van der Waals surface area (Å²) in [5.74, 6) is 0.391. The van der Waals surface area contributed by atoms with Gasteiger partial charge in [-0.05, 0) is 43.2 Å². The van der Waals surface area contributed by atoms with Crippen LogP contribution in [0.3, 0.4) is 0 Å². The van der Waals surface area contributed by atoms with E-state index in [0.29, 0.717) is 28.1 Å². The standard InChI is InChI=1S/C21H22ClN3O2.C3H8/c1-27-20-12-18-15(13-25(24-18)17-5-3-2-4-6-17)11-19(20)23-21(26)14-7-9-16(22)10-8-14;1-3-2/h7-13,17H,2-6H2,1H3,(H,23,26);3H2,1-2H3. The number of ether oxygens (including phenoxy) is 1. The van der Waals surface area contributed by atoms with Crippen LogP contribution in [0.5, 0.6) is 5.75 Å². The molecule has 0 unspecified atom stereocenters. The van der Waals surface area contributed by atoms with E-state index in [2.05, 4.69) is 30.0 Å². The zero-order chi connectivity index (χ0) is 21.5. The van der Waals surface area contributed by atoms with E-state index in [4.69, 9.17) is 21.4 Å². The molecule has 0 atom stereocenters. The lowest BCUT2D eigenvalue weighted by atomic mass is 9.96. The summed E-state index contributed by atoms with van der Waals surface area (Å²) >= 11 is 5.89. The molecule has 0 bridgehead atoms. The van der Waals surface area contributed by atoms with Crippen molar-refractivity contribution in [1.29, 1.82) is 0 Å². The van der Waals surface area contributed by atoms with Gasteiger partial charge < -0.3 is 10.1 Å². The molecule has 1 N–H and O–H groups in total. The second-order valence-electron chi connectivity index (χ2n) is 7.68. The fourth-order valence-electron chi connectivity index (χ4n) is 3.67. The van der Waals surface area contributed by atoms with Crippen molar-refractivity contribution in [3.63, 3.8) is 0 Å². The number of anilines is 1. The quantitative estimate of drug-likeness (QED) is 0.494. The summed E-state index contributed by atoms with van der Waals surface area (Å²) in [6, 6.07) is 11.1. The van der Waals surface area contributed by atoms with Gasteiger partial charge in [0.15, 0.2) is 0 Å². The van der Waals surface area contributed by atoms with Gasteiger partial charge in [-0.2, -0.15) is 5.10 Å². The van der Waals surface area contributed by atoms with Gasteiger partial charge in [-0.15, -0.1) is 0 Å². The minimum absolute atomic E-state index is 0.205.